The average Bonchev–Trinajstić information content (AvgIpc) is 2.88. The molecule has 0 aliphatic carbocycles. The van der Waals surface area contributed by atoms with Crippen LogP contribution in [0.4, 0.5) is 0 Å². The van der Waals surface area contributed by atoms with E-state index in [9.17, 15) is 0 Å². The number of ether oxygens (including phenoxy) is 1. The van der Waals surface area contributed by atoms with Crippen molar-refractivity contribution < 1.29 is 4.74 Å². The minimum Gasteiger partial charge on any atom is -0.457 e. The zero-order valence-corrected chi connectivity index (χ0v) is 16.3. The second-order valence-corrected chi connectivity index (χ2v) is 8.11. The fourth-order valence-corrected chi connectivity index (χ4v) is 4.68. The molecular formula is C24H25NOS. The molecule has 1 N–H and O–H groups in total. The molecule has 0 radical (unpaired) electrons. The van der Waals surface area contributed by atoms with Gasteiger partial charge in [-0.2, -0.15) is 11.8 Å². The van der Waals surface area contributed by atoms with Crippen LogP contribution in [0.1, 0.15) is 21.9 Å². The summed E-state index contributed by atoms with van der Waals surface area (Å²) >= 11 is 2.02. The topological polar surface area (TPSA) is 21.3 Å². The first kappa shape index (κ1) is 18.1. The molecule has 1 heterocycles. The number of hydrogen-bond donors (Lipinski definition) is 1. The summed E-state index contributed by atoms with van der Waals surface area (Å²) in [5.74, 6) is 3.08. The molecule has 0 amide bonds. The largest absolute Gasteiger partial charge is 0.457 e. The highest BCUT2D eigenvalue weighted by Crippen LogP contribution is 2.43. The van der Waals surface area contributed by atoms with Crippen LogP contribution < -0.4 is 10.1 Å². The molecular weight excluding hydrogens is 350 g/mol. The Labute approximate surface area is 166 Å². The van der Waals surface area contributed by atoms with Gasteiger partial charge in [0.2, 0.25) is 0 Å². The molecule has 0 spiro atoms. The third-order valence-electron chi connectivity index (χ3n) is 4.89. The molecule has 1 atom stereocenters. The van der Waals surface area contributed by atoms with Crippen molar-refractivity contribution in [3.8, 4) is 11.5 Å². The maximum atomic E-state index is 6.20. The fraction of sp³-hybridized carbons (Fsp3) is 0.250. The molecule has 0 aromatic heterocycles. The van der Waals surface area contributed by atoms with Crippen molar-refractivity contribution in [3.05, 3.63) is 95.6 Å². The van der Waals surface area contributed by atoms with Gasteiger partial charge in [0, 0.05) is 23.1 Å². The highest BCUT2D eigenvalue weighted by Gasteiger charge is 2.23. The van der Waals surface area contributed by atoms with Crippen molar-refractivity contribution >= 4 is 11.8 Å². The molecule has 1 unspecified atom stereocenters. The normalized spacial score (nSPS) is 15.3. The molecule has 27 heavy (non-hydrogen) atoms. The van der Waals surface area contributed by atoms with Crippen LogP contribution in [0.25, 0.3) is 0 Å². The molecule has 138 valence electrons. The van der Waals surface area contributed by atoms with Gasteiger partial charge >= 0.3 is 0 Å². The van der Waals surface area contributed by atoms with Gasteiger partial charge in [0.05, 0.1) is 0 Å². The average molecular weight is 376 g/mol. The van der Waals surface area contributed by atoms with Gasteiger partial charge in [-0.05, 0) is 42.6 Å². The van der Waals surface area contributed by atoms with Gasteiger partial charge < -0.3 is 10.1 Å². The van der Waals surface area contributed by atoms with Gasteiger partial charge in [0.15, 0.2) is 0 Å². The molecule has 1 aliphatic rings. The van der Waals surface area contributed by atoms with Crippen molar-refractivity contribution in [2.75, 3.05) is 18.8 Å². The first-order valence-electron chi connectivity index (χ1n) is 9.61. The van der Waals surface area contributed by atoms with Crippen molar-refractivity contribution in [1.82, 2.24) is 5.32 Å². The van der Waals surface area contributed by atoms with Gasteiger partial charge in [0.25, 0.3) is 0 Å². The lowest BCUT2D eigenvalue weighted by atomic mass is 10.0. The lowest BCUT2D eigenvalue weighted by Gasteiger charge is -2.16. The smallest absolute Gasteiger partial charge is 0.131 e. The van der Waals surface area contributed by atoms with E-state index in [1.165, 1.54) is 16.7 Å². The van der Waals surface area contributed by atoms with E-state index in [-0.39, 0.29) is 0 Å². The first-order valence-corrected chi connectivity index (χ1v) is 10.7. The van der Waals surface area contributed by atoms with E-state index in [0.717, 1.165) is 43.2 Å². The summed E-state index contributed by atoms with van der Waals surface area (Å²) in [5, 5.41) is 4.01. The van der Waals surface area contributed by atoms with Crippen molar-refractivity contribution in [3.63, 3.8) is 0 Å². The van der Waals surface area contributed by atoms with Crippen LogP contribution >= 0.6 is 11.8 Å². The molecule has 0 saturated heterocycles. The van der Waals surface area contributed by atoms with Crippen LogP contribution in [0.15, 0.2) is 78.9 Å². The van der Waals surface area contributed by atoms with Crippen LogP contribution in [-0.4, -0.2) is 18.8 Å². The highest BCUT2D eigenvalue weighted by molar-refractivity contribution is 7.99. The maximum Gasteiger partial charge on any atom is 0.131 e. The molecule has 3 heteroatoms. The molecule has 1 aliphatic heterocycles. The Bertz CT molecular complexity index is 865. The second kappa shape index (κ2) is 9.12. The third-order valence-corrected chi connectivity index (χ3v) is 6.16. The summed E-state index contributed by atoms with van der Waals surface area (Å²) in [6.07, 6.45) is 2.10. The fourth-order valence-electron chi connectivity index (χ4n) is 3.46. The number of fused-ring (bicyclic) bond motifs is 2. The lowest BCUT2D eigenvalue weighted by Crippen LogP contribution is -2.20. The quantitative estimate of drug-likeness (QED) is 0.540. The Morgan fingerprint density at radius 2 is 1.56 bits per heavy atom. The van der Waals surface area contributed by atoms with E-state index < -0.39 is 0 Å². The second-order valence-electron chi connectivity index (χ2n) is 6.80. The molecule has 0 bridgehead atoms. The Kier molecular flexibility index (Phi) is 6.13. The summed E-state index contributed by atoms with van der Waals surface area (Å²) in [6.45, 7) is 2.05. The van der Waals surface area contributed by atoms with Crippen LogP contribution in [0.5, 0.6) is 11.5 Å². The van der Waals surface area contributed by atoms with E-state index in [1.54, 1.807) is 0 Å². The summed E-state index contributed by atoms with van der Waals surface area (Å²) in [5.41, 5.74) is 4.00. The van der Waals surface area contributed by atoms with E-state index in [4.69, 9.17) is 4.74 Å². The Hall–Kier alpha value is -2.23. The highest BCUT2D eigenvalue weighted by atomic mass is 32.2. The van der Waals surface area contributed by atoms with E-state index in [1.807, 2.05) is 17.8 Å². The Morgan fingerprint density at radius 1 is 0.815 bits per heavy atom. The SMILES string of the molecule is c1ccc(CCNCCSC2Cc3ccccc3Oc3ccccc32)cc1. The van der Waals surface area contributed by atoms with Crippen LogP contribution in [-0.2, 0) is 12.8 Å². The molecule has 0 saturated carbocycles. The maximum absolute atomic E-state index is 6.20. The summed E-state index contributed by atoms with van der Waals surface area (Å²) < 4.78 is 6.20. The van der Waals surface area contributed by atoms with Gasteiger partial charge in [-0.3, -0.25) is 0 Å². The molecule has 4 rings (SSSR count). The van der Waals surface area contributed by atoms with Gasteiger partial charge in [-0.1, -0.05) is 66.7 Å². The number of hydrogen-bond acceptors (Lipinski definition) is 3. The minimum atomic E-state index is 0.431. The predicted octanol–water partition coefficient (Wildman–Crippen LogP) is 5.64. The number of rotatable bonds is 7. The third kappa shape index (κ3) is 4.74. The number of nitrogens with one attached hydrogen (secondary N) is 1. The van der Waals surface area contributed by atoms with Crippen molar-refractivity contribution in [1.29, 1.82) is 0 Å². The molecule has 0 fully saturated rings. The van der Waals surface area contributed by atoms with E-state index in [2.05, 4.69) is 78.1 Å². The van der Waals surface area contributed by atoms with E-state index >= 15 is 0 Å². The van der Waals surface area contributed by atoms with Gasteiger partial charge in [0.1, 0.15) is 11.5 Å². The summed E-state index contributed by atoms with van der Waals surface area (Å²) in [4.78, 5) is 0. The van der Waals surface area contributed by atoms with E-state index in [0.29, 0.717) is 5.25 Å². The van der Waals surface area contributed by atoms with Gasteiger partial charge in [-0.25, -0.2) is 0 Å². The minimum absolute atomic E-state index is 0.431. The summed E-state index contributed by atoms with van der Waals surface area (Å²) in [7, 11) is 0. The predicted molar refractivity (Wildman–Crippen MR) is 115 cm³/mol. The lowest BCUT2D eigenvalue weighted by molar-refractivity contribution is 0.479. The molecule has 3 aromatic carbocycles. The van der Waals surface area contributed by atoms with Gasteiger partial charge in [-0.15, -0.1) is 0 Å². The zero-order chi connectivity index (χ0) is 18.3. The van der Waals surface area contributed by atoms with Crippen molar-refractivity contribution in [2.45, 2.75) is 18.1 Å². The zero-order valence-electron chi connectivity index (χ0n) is 15.4. The number of benzene rings is 3. The number of para-hydroxylation sites is 2. The Balaban J connectivity index is 1.33. The monoisotopic (exact) mass is 375 g/mol. The van der Waals surface area contributed by atoms with Crippen LogP contribution in [0, 0.1) is 0 Å². The standard InChI is InChI=1S/C24H25NOS/c1-2-8-19(9-3-1)14-15-25-16-17-27-24-18-20-10-4-6-12-22(20)26-23-13-7-5-11-21(23)24/h1-13,24-25H,14-18H2. The summed E-state index contributed by atoms with van der Waals surface area (Å²) in [6, 6.07) is 27.5. The Morgan fingerprint density at radius 3 is 2.44 bits per heavy atom. The van der Waals surface area contributed by atoms with Crippen LogP contribution in [0.2, 0.25) is 0 Å². The van der Waals surface area contributed by atoms with Crippen molar-refractivity contribution in [2.24, 2.45) is 0 Å². The van der Waals surface area contributed by atoms with Crippen LogP contribution in [0.3, 0.4) is 0 Å². The molecule has 2 nitrogen and oxygen atoms in total. The molecule has 3 aromatic rings. The first-order chi connectivity index (χ1) is 13.4. The number of thioether (sulfide) groups is 1.